The molecule has 0 fully saturated rings. The van der Waals surface area contributed by atoms with E-state index in [1.54, 1.807) is 12.1 Å². The Bertz CT molecular complexity index is 653. The molecule has 0 spiro atoms. The third-order valence-corrected chi connectivity index (χ3v) is 4.95. The molecule has 0 heterocycles. The smallest absolute Gasteiger partial charge is 0.139 e. The van der Waals surface area contributed by atoms with Crippen molar-refractivity contribution in [2.24, 2.45) is 0 Å². The Morgan fingerprint density at radius 1 is 1.10 bits per heavy atom. The molecule has 1 unspecified atom stereocenters. The fourth-order valence-corrected chi connectivity index (χ4v) is 3.26. The summed E-state index contributed by atoms with van der Waals surface area (Å²) >= 11 is 0. The molecule has 0 radical (unpaired) electrons. The third kappa shape index (κ3) is 3.57. The first-order valence-electron chi connectivity index (χ1n) is 6.55. The van der Waals surface area contributed by atoms with E-state index in [-0.39, 0.29) is 5.82 Å². The highest BCUT2D eigenvalue weighted by Crippen LogP contribution is 2.11. The molecule has 0 aromatic heterocycles. The molecule has 2 aromatic carbocycles. The van der Waals surface area contributed by atoms with Crippen molar-refractivity contribution in [2.45, 2.75) is 20.0 Å². The van der Waals surface area contributed by atoms with Gasteiger partial charge in [-0.2, -0.15) is 0 Å². The minimum atomic E-state index is -0.840. The molecule has 0 amide bonds. The number of hydrogen-bond acceptors (Lipinski definition) is 1. The van der Waals surface area contributed by atoms with E-state index in [0.717, 1.165) is 0 Å². The third-order valence-electron chi connectivity index (χ3n) is 3.42. The van der Waals surface area contributed by atoms with Gasteiger partial charge in [-0.15, -0.1) is 5.54 Å². The molecule has 20 heavy (non-hydrogen) atoms. The summed E-state index contributed by atoms with van der Waals surface area (Å²) in [5.41, 5.74) is 6.33. The molecule has 3 heteroatoms. The summed E-state index contributed by atoms with van der Waals surface area (Å²) in [7, 11) is -0.712. The Kier molecular flexibility index (Phi) is 4.73. The molecule has 2 aromatic rings. The summed E-state index contributed by atoms with van der Waals surface area (Å²) in [6.45, 7) is 4.20. The highest BCUT2D eigenvalue weighted by atomic mass is 28.2. The summed E-state index contributed by atoms with van der Waals surface area (Å²) < 4.78 is 12.8. The van der Waals surface area contributed by atoms with Crippen molar-refractivity contribution in [1.29, 1.82) is 0 Å². The zero-order chi connectivity index (χ0) is 14.5. The average Bonchev–Trinajstić information content (AvgIpc) is 2.44. The fourth-order valence-electron chi connectivity index (χ4n) is 1.97. The maximum atomic E-state index is 12.8. The summed E-state index contributed by atoms with van der Waals surface area (Å²) in [4.78, 5) is 0. The second-order valence-electron chi connectivity index (χ2n) is 4.81. The Morgan fingerprint density at radius 3 is 2.50 bits per heavy atom. The van der Waals surface area contributed by atoms with Crippen molar-refractivity contribution < 1.29 is 9.50 Å². The zero-order valence-corrected chi connectivity index (χ0v) is 13.1. The number of aliphatic hydroxyl groups excluding tert-OH is 1. The topological polar surface area (TPSA) is 20.2 Å². The first kappa shape index (κ1) is 14.5. The molecule has 1 N–H and O–H groups in total. The number of benzene rings is 2. The van der Waals surface area contributed by atoms with Crippen molar-refractivity contribution in [3.63, 3.8) is 0 Å². The van der Waals surface area contributed by atoms with Gasteiger partial charge in [0, 0.05) is 0 Å². The van der Waals surface area contributed by atoms with Gasteiger partial charge in [-0.1, -0.05) is 36.3 Å². The number of aryl methyl sites for hydroxylation is 1. The van der Waals surface area contributed by atoms with Gasteiger partial charge >= 0.3 is 0 Å². The Hall–Kier alpha value is -1.89. The summed E-state index contributed by atoms with van der Waals surface area (Å²) in [5, 5.41) is 11.2. The number of aliphatic hydroxyl groups is 1. The van der Waals surface area contributed by atoms with E-state index in [1.165, 1.54) is 28.4 Å². The molecule has 0 saturated heterocycles. The predicted molar refractivity (Wildman–Crippen MR) is 83.2 cm³/mol. The summed E-state index contributed by atoms with van der Waals surface area (Å²) in [6, 6.07) is 12.0. The van der Waals surface area contributed by atoms with Crippen LogP contribution in [0.1, 0.15) is 22.8 Å². The minimum Gasteiger partial charge on any atom is -0.376 e. The van der Waals surface area contributed by atoms with Gasteiger partial charge in [-0.25, -0.2) is 4.39 Å². The van der Waals surface area contributed by atoms with Gasteiger partial charge in [-0.3, -0.25) is 0 Å². The lowest BCUT2D eigenvalue weighted by Crippen LogP contribution is -2.17. The maximum Gasteiger partial charge on any atom is 0.139 e. The lowest BCUT2D eigenvalue weighted by atomic mass is 10.1. The summed E-state index contributed by atoms with van der Waals surface area (Å²) in [6.07, 6.45) is -0.840. The number of rotatable bonds is 2. The van der Waals surface area contributed by atoms with E-state index in [4.69, 9.17) is 0 Å². The minimum absolute atomic E-state index is 0.307. The van der Waals surface area contributed by atoms with Gasteiger partial charge in [0.1, 0.15) is 21.4 Å². The largest absolute Gasteiger partial charge is 0.376 e. The first-order valence-corrected chi connectivity index (χ1v) is 7.96. The molecule has 0 aliphatic rings. The van der Waals surface area contributed by atoms with Crippen LogP contribution in [-0.2, 0) is 0 Å². The molecule has 0 bridgehead atoms. The first-order chi connectivity index (χ1) is 9.58. The molecular weight excluding hydrogens is 267 g/mol. The van der Waals surface area contributed by atoms with Crippen molar-refractivity contribution in [3.8, 4) is 11.5 Å². The molecule has 1 nitrogen and oxygen atoms in total. The fraction of sp³-hybridized carbons (Fsp3) is 0.176. The maximum absolute atomic E-state index is 12.8. The molecule has 0 aliphatic heterocycles. The van der Waals surface area contributed by atoms with Crippen LogP contribution in [0, 0.1) is 31.1 Å². The van der Waals surface area contributed by atoms with E-state index < -0.39 is 15.6 Å². The van der Waals surface area contributed by atoms with Crippen molar-refractivity contribution in [2.75, 3.05) is 0 Å². The van der Waals surface area contributed by atoms with Crippen LogP contribution >= 0.6 is 0 Å². The van der Waals surface area contributed by atoms with Crippen molar-refractivity contribution in [3.05, 3.63) is 65.0 Å². The van der Waals surface area contributed by atoms with E-state index in [2.05, 4.69) is 37.4 Å². The number of hydrogen-bond donors (Lipinski definition) is 1. The summed E-state index contributed by atoms with van der Waals surface area (Å²) in [5.74, 6) is 2.55. The quantitative estimate of drug-likeness (QED) is 0.660. The van der Waals surface area contributed by atoms with Crippen molar-refractivity contribution in [1.82, 2.24) is 0 Å². The standard InChI is InChI=1S/C17H17FOSi/c1-12-4-3-5-17(13(12)2)20-11-10-16(19)14-6-8-15(18)9-7-14/h3-9,16,19H,20H2,1-2H3. The molecule has 0 aliphatic carbocycles. The molecule has 2 rings (SSSR count). The van der Waals surface area contributed by atoms with Crippen LogP contribution in [0.2, 0.25) is 0 Å². The van der Waals surface area contributed by atoms with Gasteiger partial charge in [0.15, 0.2) is 0 Å². The Balaban J connectivity index is 2.07. The molecule has 0 saturated carbocycles. The highest BCUT2D eigenvalue weighted by molar-refractivity contribution is 6.62. The van der Waals surface area contributed by atoms with E-state index in [0.29, 0.717) is 5.56 Å². The van der Waals surface area contributed by atoms with Crippen LogP contribution in [0.5, 0.6) is 0 Å². The molecule has 102 valence electrons. The molecule has 1 atom stereocenters. The van der Waals surface area contributed by atoms with Gasteiger partial charge < -0.3 is 5.11 Å². The molecular formula is C17H17FOSi. The average molecular weight is 284 g/mol. The van der Waals surface area contributed by atoms with Crippen LogP contribution in [0.3, 0.4) is 0 Å². The van der Waals surface area contributed by atoms with Crippen molar-refractivity contribution >= 4 is 14.7 Å². The Labute approximate surface area is 121 Å². The van der Waals surface area contributed by atoms with Gasteiger partial charge in [0.2, 0.25) is 0 Å². The number of halogens is 1. The van der Waals surface area contributed by atoms with Gasteiger partial charge in [0.05, 0.1) is 0 Å². The van der Waals surface area contributed by atoms with Gasteiger partial charge in [-0.05, 0) is 47.9 Å². The van der Waals surface area contributed by atoms with Crippen LogP contribution in [0.4, 0.5) is 4.39 Å². The second-order valence-corrected chi connectivity index (χ2v) is 6.28. The predicted octanol–water partition coefficient (Wildman–Crippen LogP) is 1.93. The normalized spacial score (nSPS) is 12.2. The van der Waals surface area contributed by atoms with Gasteiger partial charge in [0.25, 0.3) is 0 Å². The van der Waals surface area contributed by atoms with Crippen LogP contribution < -0.4 is 5.19 Å². The van der Waals surface area contributed by atoms with E-state index in [9.17, 15) is 9.50 Å². The van der Waals surface area contributed by atoms with E-state index in [1.807, 2.05) is 6.07 Å². The zero-order valence-electron chi connectivity index (χ0n) is 11.7. The van der Waals surface area contributed by atoms with Crippen LogP contribution in [-0.4, -0.2) is 14.6 Å². The van der Waals surface area contributed by atoms with E-state index >= 15 is 0 Å². The Morgan fingerprint density at radius 2 is 1.80 bits per heavy atom. The lowest BCUT2D eigenvalue weighted by Gasteiger charge is -2.05. The van der Waals surface area contributed by atoms with Crippen LogP contribution in [0.25, 0.3) is 0 Å². The SMILES string of the molecule is Cc1cccc([SiH2]C#CC(O)c2ccc(F)cc2)c1C. The second kappa shape index (κ2) is 6.51. The monoisotopic (exact) mass is 284 g/mol. The lowest BCUT2D eigenvalue weighted by molar-refractivity contribution is 0.238. The van der Waals surface area contributed by atoms with Crippen LogP contribution in [0.15, 0.2) is 42.5 Å². The highest BCUT2D eigenvalue weighted by Gasteiger charge is 2.03.